The van der Waals surface area contributed by atoms with Crippen LogP contribution in [0.15, 0.2) is 58.3 Å². The molecule has 2 heterocycles. The highest BCUT2D eigenvalue weighted by Gasteiger charge is 2.32. The molecule has 0 unspecified atom stereocenters. The van der Waals surface area contributed by atoms with Crippen LogP contribution in [0.2, 0.25) is 0 Å². The first kappa shape index (κ1) is 21.4. The zero-order valence-electron chi connectivity index (χ0n) is 17.1. The molecule has 4 rings (SSSR count). The van der Waals surface area contributed by atoms with E-state index < -0.39 is 10.0 Å². The highest BCUT2D eigenvalue weighted by molar-refractivity contribution is 7.99. The molecule has 0 spiro atoms. The van der Waals surface area contributed by atoms with E-state index in [0.717, 1.165) is 17.7 Å². The Balaban J connectivity index is 1.54. The fourth-order valence-electron chi connectivity index (χ4n) is 4.01. The van der Waals surface area contributed by atoms with Gasteiger partial charge in [0.2, 0.25) is 10.0 Å². The van der Waals surface area contributed by atoms with Crippen molar-refractivity contribution < 1.29 is 17.9 Å². The quantitative estimate of drug-likeness (QED) is 0.779. The first-order valence-corrected chi connectivity index (χ1v) is 12.6. The summed E-state index contributed by atoms with van der Waals surface area (Å²) in [5.41, 5.74) is 1.46. The average molecular weight is 447 g/mol. The normalized spacial score (nSPS) is 24.8. The van der Waals surface area contributed by atoms with E-state index in [9.17, 15) is 13.2 Å². The molecule has 0 bridgehead atoms. The van der Waals surface area contributed by atoms with Gasteiger partial charge in [-0.05, 0) is 50.1 Å². The molecule has 2 aliphatic rings. The van der Waals surface area contributed by atoms with Gasteiger partial charge in [-0.25, -0.2) is 8.42 Å². The largest absolute Gasteiger partial charge is 0.373 e. The van der Waals surface area contributed by atoms with E-state index in [4.69, 9.17) is 4.74 Å². The Morgan fingerprint density at radius 2 is 1.83 bits per heavy atom. The first-order chi connectivity index (χ1) is 14.3. The molecule has 3 atom stereocenters. The lowest BCUT2D eigenvalue weighted by Crippen LogP contribution is -2.48. The highest BCUT2D eigenvalue weighted by Crippen LogP contribution is 2.36. The molecule has 160 valence electrons. The van der Waals surface area contributed by atoms with Crippen LogP contribution in [0.4, 0.5) is 0 Å². The van der Waals surface area contributed by atoms with E-state index in [0.29, 0.717) is 18.7 Å². The summed E-state index contributed by atoms with van der Waals surface area (Å²) in [4.78, 5) is 14.3. The molecule has 1 saturated heterocycles. The van der Waals surface area contributed by atoms with Gasteiger partial charge >= 0.3 is 0 Å². The summed E-state index contributed by atoms with van der Waals surface area (Å²) < 4.78 is 33.4. The number of carbonyl (C=O) groups is 1. The molecule has 0 saturated carbocycles. The fourth-order valence-corrected chi connectivity index (χ4v) is 6.77. The van der Waals surface area contributed by atoms with Gasteiger partial charge in [-0.2, -0.15) is 4.31 Å². The van der Waals surface area contributed by atoms with E-state index in [1.54, 1.807) is 30.0 Å². The van der Waals surface area contributed by atoms with Gasteiger partial charge in [0.05, 0.1) is 23.1 Å². The Bertz CT molecular complexity index is 1030. The molecule has 8 heteroatoms. The number of rotatable bonds is 4. The maximum atomic E-state index is 13.1. The van der Waals surface area contributed by atoms with Gasteiger partial charge in [-0.15, -0.1) is 11.8 Å². The molecule has 1 fully saturated rings. The molecule has 2 aromatic rings. The van der Waals surface area contributed by atoms with Crippen molar-refractivity contribution >= 4 is 27.7 Å². The maximum Gasteiger partial charge on any atom is 0.251 e. The van der Waals surface area contributed by atoms with Crippen LogP contribution >= 0.6 is 11.8 Å². The Morgan fingerprint density at radius 1 is 1.10 bits per heavy atom. The summed E-state index contributed by atoms with van der Waals surface area (Å²) in [7, 11) is -3.70. The number of benzene rings is 2. The van der Waals surface area contributed by atoms with Gasteiger partial charge in [0.15, 0.2) is 0 Å². The number of ether oxygens (including phenoxy) is 1. The van der Waals surface area contributed by atoms with Gasteiger partial charge in [0.1, 0.15) is 0 Å². The van der Waals surface area contributed by atoms with E-state index in [1.165, 1.54) is 15.3 Å². The summed E-state index contributed by atoms with van der Waals surface area (Å²) in [6.07, 6.45) is 0.507. The van der Waals surface area contributed by atoms with E-state index in [2.05, 4.69) is 11.4 Å². The van der Waals surface area contributed by atoms with Crippen LogP contribution in [0.3, 0.4) is 0 Å². The van der Waals surface area contributed by atoms with Crippen molar-refractivity contribution in [2.75, 3.05) is 18.8 Å². The van der Waals surface area contributed by atoms with Crippen LogP contribution < -0.4 is 5.32 Å². The molecule has 30 heavy (non-hydrogen) atoms. The van der Waals surface area contributed by atoms with Crippen molar-refractivity contribution in [3.8, 4) is 0 Å². The topological polar surface area (TPSA) is 75.7 Å². The van der Waals surface area contributed by atoms with Crippen molar-refractivity contribution in [2.45, 2.75) is 48.3 Å². The molecule has 2 aromatic carbocycles. The number of sulfonamides is 1. The minimum absolute atomic E-state index is 0.0730. The molecular formula is C22H26N2O4S2. The maximum absolute atomic E-state index is 13.1. The Morgan fingerprint density at radius 3 is 2.60 bits per heavy atom. The molecule has 2 aliphatic heterocycles. The van der Waals surface area contributed by atoms with Crippen LogP contribution in [0.5, 0.6) is 0 Å². The Labute approximate surface area is 182 Å². The number of hydrogen-bond donors (Lipinski definition) is 1. The number of morpholine rings is 1. The monoisotopic (exact) mass is 446 g/mol. The highest BCUT2D eigenvalue weighted by atomic mass is 32.2. The number of nitrogens with one attached hydrogen (secondary N) is 1. The second-order valence-electron chi connectivity index (χ2n) is 7.81. The van der Waals surface area contributed by atoms with Gasteiger partial charge in [-0.3, -0.25) is 4.79 Å². The van der Waals surface area contributed by atoms with E-state index in [-0.39, 0.29) is 29.1 Å². The zero-order valence-corrected chi connectivity index (χ0v) is 18.7. The Kier molecular flexibility index (Phi) is 6.20. The SMILES string of the molecule is C[C@@H]1CN(S(=O)(=O)c2cccc(C(=O)N[C@H]3CCSc4ccccc43)c2)C[C@H](C)O1. The number of carbonyl (C=O) groups excluding carboxylic acids is 1. The van der Waals surface area contributed by atoms with Crippen LogP contribution in [-0.2, 0) is 14.8 Å². The van der Waals surface area contributed by atoms with E-state index in [1.807, 2.05) is 32.0 Å². The van der Waals surface area contributed by atoms with Crippen LogP contribution in [0, 0.1) is 0 Å². The van der Waals surface area contributed by atoms with Crippen molar-refractivity contribution in [3.63, 3.8) is 0 Å². The lowest BCUT2D eigenvalue weighted by molar-refractivity contribution is -0.0440. The lowest BCUT2D eigenvalue weighted by atomic mass is 10.0. The van der Waals surface area contributed by atoms with Crippen molar-refractivity contribution in [2.24, 2.45) is 0 Å². The summed E-state index contributed by atoms with van der Waals surface area (Å²) in [6.45, 7) is 4.34. The third-order valence-electron chi connectivity index (χ3n) is 5.38. The van der Waals surface area contributed by atoms with Gasteiger partial charge in [0, 0.05) is 29.3 Å². The van der Waals surface area contributed by atoms with Gasteiger partial charge in [-0.1, -0.05) is 24.3 Å². The predicted molar refractivity (Wildman–Crippen MR) is 117 cm³/mol. The number of hydrogen-bond acceptors (Lipinski definition) is 5. The second-order valence-corrected chi connectivity index (χ2v) is 10.9. The van der Waals surface area contributed by atoms with Crippen LogP contribution in [-0.4, -0.2) is 49.7 Å². The van der Waals surface area contributed by atoms with Gasteiger partial charge < -0.3 is 10.1 Å². The van der Waals surface area contributed by atoms with Gasteiger partial charge in [0.25, 0.3) is 5.91 Å². The lowest BCUT2D eigenvalue weighted by Gasteiger charge is -2.34. The molecule has 0 radical (unpaired) electrons. The standard InChI is InChI=1S/C22H26N2O4S2/c1-15-13-24(14-16(2)28-15)30(26,27)18-7-5-6-17(12-18)22(25)23-20-10-11-29-21-9-4-3-8-19(20)21/h3-9,12,15-16,20H,10-11,13-14H2,1-2H3,(H,23,25)/t15-,16+,20-/m0/s1. The molecule has 0 aliphatic carbocycles. The van der Waals surface area contributed by atoms with E-state index >= 15 is 0 Å². The number of nitrogens with zero attached hydrogens (tertiary/aromatic N) is 1. The number of thioether (sulfide) groups is 1. The third kappa shape index (κ3) is 4.42. The minimum Gasteiger partial charge on any atom is -0.373 e. The molecule has 6 nitrogen and oxygen atoms in total. The third-order valence-corrected chi connectivity index (χ3v) is 8.33. The Hall–Kier alpha value is -1.87. The second kappa shape index (κ2) is 8.70. The van der Waals surface area contributed by atoms with Crippen molar-refractivity contribution in [3.05, 3.63) is 59.7 Å². The first-order valence-electron chi connectivity index (χ1n) is 10.1. The average Bonchev–Trinajstić information content (AvgIpc) is 2.73. The van der Waals surface area contributed by atoms with Crippen LogP contribution in [0.25, 0.3) is 0 Å². The summed E-state index contributed by atoms with van der Waals surface area (Å²) in [5, 5.41) is 3.08. The smallest absolute Gasteiger partial charge is 0.251 e. The fraction of sp³-hybridized carbons (Fsp3) is 0.409. The van der Waals surface area contributed by atoms with Crippen molar-refractivity contribution in [1.82, 2.24) is 9.62 Å². The summed E-state index contributed by atoms with van der Waals surface area (Å²) in [6, 6.07) is 14.3. The minimum atomic E-state index is -3.70. The summed E-state index contributed by atoms with van der Waals surface area (Å²) >= 11 is 1.79. The summed E-state index contributed by atoms with van der Waals surface area (Å²) in [5.74, 6) is 0.673. The molecule has 1 N–H and O–H groups in total. The molecule has 0 aromatic heterocycles. The van der Waals surface area contributed by atoms with Crippen LogP contribution in [0.1, 0.15) is 42.2 Å². The predicted octanol–water partition coefficient (Wildman–Crippen LogP) is 3.45. The van der Waals surface area contributed by atoms with Crippen molar-refractivity contribution in [1.29, 1.82) is 0 Å². The number of amides is 1. The number of fused-ring (bicyclic) bond motifs is 1. The zero-order chi connectivity index (χ0) is 21.3. The molecule has 1 amide bonds. The molecular weight excluding hydrogens is 420 g/mol.